The quantitative estimate of drug-likeness (QED) is 0.0323. The molecule has 0 radical (unpaired) electrons. The predicted octanol–water partition coefficient (Wildman–Crippen LogP) is 6.57. The van der Waals surface area contributed by atoms with Gasteiger partial charge in [-0.2, -0.15) is 21.0 Å². The monoisotopic (exact) mass is 956 g/mol. The zero-order valence-corrected chi connectivity index (χ0v) is 44.6. The fraction of sp³-hybridized carbons (Fsp3) is 0.933. The molecule has 0 heterocycles. The fourth-order valence-corrected chi connectivity index (χ4v) is 27.4. The molecule has 0 atom stereocenters. The van der Waals surface area contributed by atoms with Crippen LogP contribution < -0.4 is 0 Å². The summed E-state index contributed by atoms with van der Waals surface area (Å²) in [6, 6.07) is 3.02. The molecule has 54 heavy (non-hydrogen) atoms. The highest BCUT2D eigenvalue weighted by Gasteiger charge is 2.40. The van der Waals surface area contributed by atoms with E-state index in [1.165, 1.54) is 8.64 Å². The summed E-state index contributed by atoms with van der Waals surface area (Å²) in [5, 5.41) is 0. The van der Waals surface area contributed by atoms with Gasteiger partial charge in [-0.15, -0.1) is 0 Å². The Morgan fingerprint density at radius 2 is 0.556 bits per heavy atom. The molecule has 14 nitrogen and oxygen atoms in total. The molecule has 0 aromatic heterocycles. The third kappa shape index (κ3) is 19.2. The van der Waals surface area contributed by atoms with Crippen molar-refractivity contribution in [1.82, 2.24) is 9.80 Å². The smallest absolute Gasteiger partial charge is 0.377 e. The average Bonchev–Trinajstić information content (AvgIpc) is 3.19. The van der Waals surface area contributed by atoms with E-state index in [4.69, 9.17) is 53.1 Å². The van der Waals surface area contributed by atoms with E-state index in [0.717, 1.165) is 72.9 Å². The van der Waals surface area contributed by atoms with Gasteiger partial charge in [0.1, 0.15) is 0 Å². The first-order chi connectivity index (χ1) is 25.7. The zero-order valence-electron chi connectivity index (χ0n) is 35.7. The minimum absolute atomic E-state index is 0.0428. The van der Waals surface area contributed by atoms with Gasteiger partial charge in [-0.25, -0.2) is 0 Å². The first-order valence-corrected chi connectivity index (χ1v) is 33.1. The summed E-state index contributed by atoms with van der Waals surface area (Å²) in [6.45, 7) is 0. The number of hydrogen-bond acceptors (Lipinski definition) is 16. The van der Waals surface area contributed by atoms with Crippen LogP contribution in [0.2, 0.25) is 24.2 Å². The Hall–Kier alpha value is 2.15. The first kappa shape index (κ1) is 56.1. The molecular formula is C30H72N2O12S6Si4. The van der Waals surface area contributed by atoms with Crippen molar-refractivity contribution in [3.8, 4) is 0 Å². The van der Waals surface area contributed by atoms with Crippen molar-refractivity contribution in [2.24, 2.45) is 0 Å². The minimum atomic E-state index is -2.68. The zero-order chi connectivity index (χ0) is 41.3. The largest absolute Gasteiger partial charge is 0.500 e. The highest BCUT2D eigenvalue weighted by Crippen LogP contribution is 2.48. The van der Waals surface area contributed by atoms with Crippen LogP contribution in [0.1, 0.15) is 25.7 Å². The van der Waals surface area contributed by atoms with Gasteiger partial charge >= 0.3 is 35.2 Å². The normalized spacial score (nSPS) is 13.3. The van der Waals surface area contributed by atoms with E-state index in [1.807, 2.05) is 41.2 Å². The molecule has 0 aromatic rings. The second-order valence-electron chi connectivity index (χ2n) is 12.0. The molecule has 326 valence electrons. The lowest BCUT2D eigenvalue weighted by Gasteiger charge is -2.27. The topological polar surface area (TPSA) is 117 Å². The lowest BCUT2D eigenvalue weighted by molar-refractivity contribution is 0.123. The molecule has 24 heteroatoms. The molecule has 0 fully saturated rings. The standard InChI is InChI=1S/C30H72N2O12S6Si4/c1-31(2)29(49(21-17-25-51(33-5,34-6)35-7)22-18-26-52(36-8,37-9)38-10)45-47-48-46-30(32(3)4)50(23-19-27-53(39-11,40-12)41-13)24-20-28-54(42-14,43-15)44-16/h17-28H2,1-16H3. The van der Waals surface area contributed by atoms with Crippen LogP contribution >= 0.6 is 62.2 Å². The van der Waals surface area contributed by atoms with Gasteiger partial charge < -0.3 is 53.1 Å². The third-order valence-electron chi connectivity index (χ3n) is 8.69. The van der Waals surface area contributed by atoms with E-state index in [0.29, 0.717) is 0 Å². The van der Waals surface area contributed by atoms with Crippen molar-refractivity contribution >= 4 is 106 Å². The SMILES string of the molecule is CO[Si](CCCS(CCC[Si](OC)(OC)OC)=C(SSSSC(N(C)C)=S(CCC[Si](OC)(OC)OC)CCC[Si](OC)(OC)OC)N(C)C)(OC)OC. The molecule has 0 amide bonds. The molecule has 0 bridgehead atoms. The van der Waals surface area contributed by atoms with Crippen LogP contribution in [0, 0.1) is 0 Å². The van der Waals surface area contributed by atoms with E-state index in [1.54, 1.807) is 85.3 Å². The summed E-state index contributed by atoms with van der Waals surface area (Å²) >= 11 is 0. The molecule has 0 aromatic carbocycles. The third-order valence-corrected chi connectivity index (χ3v) is 33.4. The van der Waals surface area contributed by atoms with Crippen molar-refractivity contribution in [2.45, 2.75) is 49.9 Å². The van der Waals surface area contributed by atoms with Gasteiger partial charge in [0, 0.05) is 109 Å². The molecule has 0 saturated heterocycles. The Kier molecular flexibility index (Phi) is 32.3. The maximum Gasteiger partial charge on any atom is 0.500 e. The first-order valence-electron chi connectivity index (χ1n) is 17.5. The van der Waals surface area contributed by atoms with Gasteiger partial charge in [0.05, 0.1) is 8.64 Å². The summed E-state index contributed by atoms with van der Waals surface area (Å²) in [5.41, 5.74) is 0. The average molecular weight is 958 g/mol. The molecule has 0 N–H and O–H groups in total. The summed E-state index contributed by atoms with van der Waals surface area (Å²) in [7, 11) is 25.2. The van der Waals surface area contributed by atoms with Crippen LogP contribution in [-0.4, -0.2) is 190 Å². The van der Waals surface area contributed by atoms with Crippen molar-refractivity contribution in [2.75, 3.05) is 137 Å². The highest BCUT2D eigenvalue weighted by molar-refractivity contribution is 9.29. The molecule has 0 unspecified atom stereocenters. The second kappa shape index (κ2) is 31.1. The maximum absolute atomic E-state index is 5.73. The van der Waals surface area contributed by atoms with Crippen molar-refractivity contribution in [3.05, 3.63) is 0 Å². The minimum Gasteiger partial charge on any atom is -0.377 e. The Morgan fingerprint density at radius 3 is 0.704 bits per heavy atom. The van der Waals surface area contributed by atoms with Crippen molar-refractivity contribution < 1.29 is 53.1 Å². The molecule has 0 rings (SSSR count). The van der Waals surface area contributed by atoms with Gasteiger partial charge in [-0.05, 0) is 118 Å². The Balaban J connectivity index is 6.33. The predicted molar refractivity (Wildman–Crippen MR) is 247 cm³/mol. The van der Waals surface area contributed by atoms with Gasteiger partial charge in [0.15, 0.2) is 0 Å². The summed E-state index contributed by atoms with van der Waals surface area (Å²) in [6.07, 6.45) is 3.71. The lowest BCUT2D eigenvalue weighted by Crippen LogP contribution is -2.43. The van der Waals surface area contributed by atoms with E-state index >= 15 is 0 Å². The maximum atomic E-state index is 5.73. The van der Waals surface area contributed by atoms with E-state index in [2.05, 4.69) is 38.0 Å². The van der Waals surface area contributed by atoms with E-state index < -0.39 is 35.2 Å². The number of nitrogens with zero attached hydrogens (tertiary/aromatic N) is 2. The Labute approximate surface area is 352 Å². The van der Waals surface area contributed by atoms with Crippen LogP contribution in [0.25, 0.3) is 0 Å². The number of rotatable bonds is 31. The molecular weight excluding hydrogens is 885 g/mol. The van der Waals surface area contributed by atoms with E-state index in [-0.39, 0.29) is 21.0 Å². The van der Waals surface area contributed by atoms with Crippen LogP contribution in [0.15, 0.2) is 0 Å². The van der Waals surface area contributed by atoms with Crippen LogP contribution in [0.5, 0.6) is 0 Å². The molecule has 0 aliphatic rings. The van der Waals surface area contributed by atoms with Crippen LogP contribution in [0.3, 0.4) is 0 Å². The van der Waals surface area contributed by atoms with Crippen LogP contribution in [0.4, 0.5) is 0 Å². The lowest BCUT2D eigenvalue weighted by atomic mass is 10.6. The molecule has 0 aliphatic carbocycles. The van der Waals surface area contributed by atoms with Crippen molar-refractivity contribution in [3.63, 3.8) is 0 Å². The summed E-state index contributed by atoms with van der Waals surface area (Å²) in [4.78, 5) is 4.53. The highest BCUT2D eigenvalue weighted by atomic mass is 33.7. The summed E-state index contributed by atoms with van der Waals surface area (Å²) in [5.74, 6) is 3.98. The van der Waals surface area contributed by atoms with Crippen LogP contribution in [-0.2, 0) is 53.1 Å². The number of hydrogen-bond donors (Lipinski definition) is 0. The van der Waals surface area contributed by atoms with E-state index in [9.17, 15) is 0 Å². The summed E-state index contributed by atoms with van der Waals surface area (Å²) < 4.78 is 71.5. The van der Waals surface area contributed by atoms with Gasteiger partial charge in [0.25, 0.3) is 0 Å². The fourth-order valence-electron chi connectivity index (χ4n) is 5.48. The molecule has 0 aliphatic heterocycles. The Bertz CT molecular complexity index is 893. The molecule has 0 spiro atoms. The van der Waals surface area contributed by atoms with Gasteiger partial charge in [-0.3, -0.25) is 9.80 Å². The Morgan fingerprint density at radius 1 is 0.370 bits per heavy atom. The van der Waals surface area contributed by atoms with Gasteiger partial charge in [-0.1, -0.05) is 0 Å². The van der Waals surface area contributed by atoms with Crippen molar-refractivity contribution in [1.29, 1.82) is 0 Å². The molecule has 0 saturated carbocycles. The second-order valence-corrected chi connectivity index (χ2v) is 34.9. The van der Waals surface area contributed by atoms with Gasteiger partial charge in [0.2, 0.25) is 0 Å².